The van der Waals surface area contributed by atoms with E-state index in [0.29, 0.717) is 6.42 Å². The highest BCUT2D eigenvalue weighted by atomic mass is 16.3. The first kappa shape index (κ1) is 11.3. The maximum Gasteiger partial charge on any atom is 0.141 e. The number of aliphatic hydroxyl groups is 1. The van der Waals surface area contributed by atoms with Crippen molar-refractivity contribution in [2.75, 3.05) is 17.7 Å². The first-order valence-electron chi connectivity index (χ1n) is 5.91. The highest BCUT2D eigenvalue weighted by Gasteiger charge is 2.39. The number of nitrogen functional groups attached to an aromatic ring is 1. The zero-order valence-corrected chi connectivity index (χ0v) is 10.0. The third kappa shape index (κ3) is 1.76. The lowest BCUT2D eigenvalue weighted by Gasteiger charge is -2.32. The molecule has 0 bridgehead atoms. The van der Waals surface area contributed by atoms with Crippen LogP contribution in [0.15, 0.2) is 18.2 Å². The summed E-state index contributed by atoms with van der Waals surface area (Å²) in [6.07, 6.45) is 3.65. The molecule has 0 amide bonds. The Balaban J connectivity index is 2.25. The lowest BCUT2D eigenvalue weighted by Crippen LogP contribution is -2.44. The summed E-state index contributed by atoms with van der Waals surface area (Å²) >= 11 is 0. The first-order chi connectivity index (χ1) is 7.57. The third-order valence-corrected chi connectivity index (χ3v) is 3.49. The van der Waals surface area contributed by atoms with Gasteiger partial charge in [-0.2, -0.15) is 0 Å². The van der Waals surface area contributed by atoms with E-state index in [9.17, 15) is 5.11 Å². The second-order valence-corrected chi connectivity index (χ2v) is 4.71. The predicted octanol–water partition coefficient (Wildman–Crippen LogP) is 2.14. The van der Waals surface area contributed by atoms with Crippen molar-refractivity contribution in [1.82, 2.24) is 0 Å². The molecule has 0 aliphatic carbocycles. The van der Waals surface area contributed by atoms with E-state index in [4.69, 9.17) is 5.73 Å². The van der Waals surface area contributed by atoms with Crippen molar-refractivity contribution in [3.05, 3.63) is 23.8 Å². The van der Waals surface area contributed by atoms with Crippen LogP contribution >= 0.6 is 0 Å². The Bertz CT molecular complexity index is 392. The van der Waals surface area contributed by atoms with E-state index in [2.05, 4.69) is 6.92 Å². The lowest BCUT2D eigenvalue weighted by atomic mass is 10.0. The molecule has 0 saturated heterocycles. The van der Waals surface area contributed by atoms with Crippen molar-refractivity contribution < 1.29 is 5.11 Å². The van der Waals surface area contributed by atoms with E-state index in [0.717, 1.165) is 36.2 Å². The van der Waals surface area contributed by atoms with Gasteiger partial charge in [-0.3, -0.25) is 0 Å². The molecule has 1 heterocycles. The number of benzene rings is 1. The molecule has 1 aromatic rings. The Morgan fingerprint density at radius 3 is 2.94 bits per heavy atom. The number of likely N-dealkylation sites (N-methyl/N-ethyl adjacent to an activating group) is 1. The van der Waals surface area contributed by atoms with E-state index in [1.165, 1.54) is 0 Å². The number of fused-ring (bicyclic) bond motifs is 1. The normalized spacial score (nSPS) is 23.6. The molecule has 16 heavy (non-hydrogen) atoms. The molecular weight excluding hydrogens is 200 g/mol. The molecule has 2 rings (SSSR count). The van der Waals surface area contributed by atoms with E-state index in [1.54, 1.807) is 0 Å². The highest BCUT2D eigenvalue weighted by Crippen LogP contribution is 2.39. The largest absolute Gasteiger partial charge is 0.399 e. The van der Waals surface area contributed by atoms with Gasteiger partial charge >= 0.3 is 0 Å². The number of nitrogens with zero attached hydrogens (tertiary/aromatic N) is 1. The quantitative estimate of drug-likeness (QED) is 0.767. The van der Waals surface area contributed by atoms with E-state index in [1.807, 2.05) is 30.1 Å². The number of rotatable bonds is 3. The molecule has 0 spiro atoms. The Labute approximate surface area is 96.9 Å². The van der Waals surface area contributed by atoms with Crippen molar-refractivity contribution in [2.45, 2.75) is 38.3 Å². The number of hydrogen-bond acceptors (Lipinski definition) is 3. The molecule has 0 saturated carbocycles. The fraction of sp³-hybridized carbons (Fsp3) is 0.538. The minimum Gasteiger partial charge on any atom is -0.399 e. The SMILES string of the molecule is CCCCC1(O)Cc2cc(N)ccc2N1C. The van der Waals surface area contributed by atoms with Gasteiger partial charge in [0.25, 0.3) is 0 Å². The third-order valence-electron chi connectivity index (χ3n) is 3.49. The van der Waals surface area contributed by atoms with Crippen molar-refractivity contribution in [1.29, 1.82) is 0 Å². The molecule has 0 radical (unpaired) electrons. The van der Waals surface area contributed by atoms with Crippen molar-refractivity contribution in [2.24, 2.45) is 0 Å². The summed E-state index contributed by atoms with van der Waals surface area (Å²) in [6, 6.07) is 5.85. The molecule has 3 N–H and O–H groups in total. The molecular formula is C13H20N2O. The van der Waals surface area contributed by atoms with Gasteiger partial charge in [0.05, 0.1) is 0 Å². The summed E-state index contributed by atoms with van der Waals surface area (Å²) in [7, 11) is 1.96. The summed E-state index contributed by atoms with van der Waals surface area (Å²) < 4.78 is 0. The van der Waals surface area contributed by atoms with Gasteiger partial charge in [0.2, 0.25) is 0 Å². The predicted molar refractivity (Wildman–Crippen MR) is 67.4 cm³/mol. The second kappa shape index (κ2) is 3.98. The average Bonchev–Trinajstić information content (AvgIpc) is 2.49. The molecule has 0 fully saturated rings. The van der Waals surface area contributed by atoms with Gasteiger partial charge in [0, 0.05) is 24.8 Å². The van der Waals surface area contributed by atoms with Crippen LogP contribution in [0.1, 0.15) is 31.7 Å². The zero-order chi connectivity index (χ0) is 11.8. The van der Waals surface area contributed by atoms with E-state index < -0.39 is 5.72 Å². The maximum atomic E-state index is 10.6. The van der Waals surface area contributed by atoms with Crippen molar-refractivity contribution in [3.63, 3.8) is 0 Å². The second-order valence-electron chi connectivity index (χ2n) is 4.71. The number of unbranched alkanes of at least 4 members (excludes halogenated alkanes) is 1. The van der Waals surface area contributed by atoms with Gasteiger partial charge in [-0.05, 0) is 36.6 Å². The Morgan fingerprint density at radius 2 is 2.25 bits per heavy atom. The monoisotopic (exact) mass is 220 g/mol. The van der Waals surface area contributed by atoms with Gasteiger partial charge in [-0.25, -0.2) is 0 Å². The van der Waals surface area contributed by atoms with Crippen LogP contribution in [0.4, 0.5) is 11.4 Å². The Kier molecular flexibility index (Phi) is 2.80. The van der Waals surface area contributed by atoms with Gasteiger partial charge in [0.15, 0.2) is 0 Å². The van der Waals surface area contributed by atoms with Crippen LogP contribution in [-0.4, -0.2) is 17.9 Å². The number of hydrogen-bond donors (Lipinski definition) is 2. The molecule has 1 unspecified atom stereocenters. The topological polar surface area (TPSA) is 49.5 Å². The molecule has 1 aliphatic rings. The summed E-state index contributed by atoms with van der Waals surface area (Å²) in [5.74, 6) is 0. The molecule has 0 aromatic heterocycles. The first-order valence-corrected chi connectivity index (χ1v) is 5.91. The van der Waals surface area contributed by atoms with Gasteiger partial charge in [-0.1, -0.05) is 13.3 Å². The van der Waals surface area contributed by atoms with Gasteiger partial charge in [0.1, 0.15) is 5.72 Å². The van der Waals surface area contributed by atoms with Gasteiger partial charge < -0.3 is 15.7 Å². The van der Waals surface area contributed by atoms with Gasteiger partial charge in [-0.15, -0.1) is 0 Å². The molecule has 3 heteroatoms. The summed E-state index contributed by atoms with van der Waals surface area (Å²) in [6.45, 7) is 2.14. The van der Waals surface area contributed by atoms with Crippen LogP contribution in [0.25, 0.3) is 0 Å². The molecule has 88 valence electrons. The molecule has 1 aromatic carbocycles. The number of nitrogens with two attached hydrogens (primary N) is 1. The minimum absolute atomic E-state index is 0.684. The zero-order valence-electron chi connectivity index (χ0n) is 10.0. The molecule has 3 nitrogen and oxygen atoms in total. The Hall–Kier alpha value is -1.22. The van der Waals surface area contributed by atoms with Crippen LogP contribution in [0.2, 0.25) is 0 Å². The highest BCUT2D eigenvalue weighted by molar-refractivity contribution is 5.64. The van der Waals surface area contributed by atoms with Crippen LogP contribution in [-0.2, 0) is 6.42 Å². The number of anilines is 2. The summed E-state index contributed by atoms with van der Waals surface area (Å²) in [4.78, 5) is 1.98. The van der Waals surface area contributed by atoms with Crippen LogP contribution < -0.4 is 10.6 Å². The average molecular weight is 220 g/mol. The minimum atomic E-state index is -0.716. The van der Waals surface area contributed by atoms with Crippen molar-refractivity contribution in [3.8, 4) is 0 Å². The lowest BCUT2D eigenvalue weighted by molar-refractivity contribution is 0.0395. The van der Waals surface area contributed by atoms with E-state index in [-0.39, 0.29) is 0 Å². The van der Waals surface area contributed by atoms with Crippen LogP contribution in [0.5, 0.6) is 0 Å². The smallest absolute Gasteiger partial charge is 0.141 e. The summed E-state index contributed by atoms with van der Waals surface area (Å²) in [5, 5.41) is 10.6. The fourth-order valence-electron chi connectivity index (χ4n) is 2.44. The Morgan fingerprint density at radius 1 is 1.50 bits per heavy atom. The molecule has 1 aliphatic heterocycles. The van der Waals surface area contributed by atoms with Crippen LogP contribution in [0, 0.1) is 0 Å². The molecule has 1 atom stereocenters. The van der Waals surface area contributed by atoms with E-state index >= 15 is 0 Å². The van der Waals surface area contributed by atoms with Crippen molar-refractivity contribution >= 4 is 11.4 Å². The summed E-state index contributed by atoms with van der Waals surface area (Å²) in [5.41, 5.74) is 8.08. The van der Waals surface area contributed by atoms with Crippen LogP contribution in [0.3, 0.4) is 0 Å². The maximum absolute atomic E-state index is 10.6. The fourth-order valence-corrected chi connectivity index (χ4v) is 2.44. The standard InChI is InChI=1S/C13H20N2O/c1-3-4-7-13(16)9-10-8-11(14)5-6-12(10)15(13)2/h5-6,8,16H,3-4,7,9,14H2,1-2H3.